The van der Waals surface area contributed by atoms with Crippen LogP contribution in [0.1, 0.15) is 23.9 Å². The molecule has 0 amide bonds. The Balaban J connectivity index is 2.08. The highest BCUT2D eigenvalue weighted by Crippen LogP contribution is 2.08. The van der Waals surface area contributed by atoms with Crippen molar-refractivity contribution in [2.45, 2.75) is 19.8 Å². The van der Waals surface area contributed by atoms with Gasteiger partial charge in [-0.15, -0.1) is 0 Å². The summed E-state index contributed by atoms with van der Waals surface area (Å²) in [6.45, 7) is 1.98. The number of aromatic nitrogens is 4. The highest BCUT2D eigenvalue weighted by molar-refractivity contribution is 7.71. The highest BCUT2D eigenvalue weighted by atomic mass is 32.1. The zero-order valence-corrected chi connectivity index (χ0v) is 10.9. The van der Waals surface area contributed by atoms with Crippen LogP contribution in [0.5, 0.6) is 0 Å². The maximum Gasteiger partial charge on any atom is 0.214 e. The van der Waals surface area contributed by atoms with Crippen molar-refractivity contribution < 1.29 is 0 Å². The second kappa shape index (κ2) is 5.59. The van der Waals surface area contributed by atoms with Crippen molar-refractivity contribution in [1.29, 1.82) is 0 Å². The summed E-state index contributed by atoms with van der Waals surface area (Å²) in [6.07, 6.45) is 9.26. The molecule has 0 atom stereocenters. The quantitative estimate of drug-likeness (QED) is 0.651. The predicted octanol–water partition coefficient (Wildman–Crippen LogP) is 1.87. The van der Waals surface area contributed by atoms with Crippen LogP contribution < -0.4 is 5.84 Å². The molecule has 18 heavy (non-hydrogen) atoms. The summed E-state index contributed by atoms with van der Waals surface area (Å²) in [4.78, 5) is 4.21. The number of rotatable bonds is 4. The summed E-state index contributed by atoms with van der Waals surface area (Å²) < 4.78 is 1.84. The fraction of sp³-hybridized carbons (Fsp3) is 0.250. The lowest BCUT2D eigenvalue weighted by molar-refractivity contribution is 0.797. The molecule has 3 N–H and O–H groups in total. The normalized spacial score (nSPS) is 11.2. The highest BCUT2D eigenvalue weighted by Gasteiger charge is 2.03. The monoisotopic (exact) mass is 261 g/mol. The first-order valence-electron chi connectivity index (χ1n) is 5.68. The fourth-order valence-electron chi connectivity index (χ4n) is 1.70. The molecule has 0 unspecified atom stereocenters. The number of hydrogen-bond acceptors (Lipinski definition) is 4. The Kier molecular flexibility index (Phi) is 3.88. The number of hydrogen-bond donors (Lipinski definition) is 2. The van der Waals surface area contributed by atoms with Gasteiger partial charge < -0.3 is 5.84 Å². The number of aromatic amines is 1. The maximum absolute atomic E-state index is 5.74. The smallest absolute Gasteiger partial charge is 0.214 e. The number of nitrogens with one attached hydrogen (secondary N) is 1. The van der Waals surface area contributed by atoms with Gasteiger partial charge in [0.15, 0.2) is 5.82 Å². The average molecular weight is 261 g/mol. The zero-order valence-electron chi connectivity index (χ0n) is 10.1. The Bertz CT molecular complexity index is 611. The van der Waals surface area contributed by atoms with Crippen molar-refractivity contribution in [2.75, 3.05) is 5.84 Å². The van der Waals surface area contributed by atoms with E-state index in [0.717, 1.165) is 29.8 Å². The van der Waals surface area contributed by atoms with Crippen LogP contribution in [0, 0.1) is 4.77 Å². The van der Waals surface area contributed by atoms with Crippen LogP contribution in [-0.4, -0.2) is 19.9 Å². The van der Waals surface area contributed by atoms with Crippen LogP contribution in [0.2, 0.25) is 0 Å². The molecule has 2 aromatic heterocycles. The molecule has 2 aromatic rings. The second-order valence-corrected chi connectivity index (χ2v) is 4.33. The number of nitrogens with zero attached hydrogens (tertiary/aromatic N) is 3. The molecule has 0 radical (unpaired) electrons. The van der Waals surface area contributed by atoms with Crippen LogP contribution >= 0.6 is 12.2 Å². The summed E-state index contributed by atoms with van der Waals surface area (Å²) in [5, 5.41) is 6.74. The molecule has 0 fully saturated rings. The van der Waals surface area contributed by atoms with Gasteiger partial charge in [0.25, 0.3) is 0 Å². The van der Waals surface area contributed by atoms with Gasteiger partial charge in [-0.05, 0) is 42.8 Å². The molecule has 0 bridgehead atoms. The van der Waals surface area contributed by atoms with Crippen LogP contribution in [0.25, 0.3) is 6.08 Å². The summed E-state index contributed by atoms with van der Waals surface area (Å²) in [5.74, 6) is 6.48. The van der Waals surface area contributed by atoms with Gasteiger partial charge in [-0.1, -0.05) is 12.2 Å². The van der Waals surface area contributed by atoms with Crippen molar-refractivity contribution in [2.24, 2.45) is 0 Å². The minimum atomic E-state index is 0.436. The van der Waals surface area contributed by atoms with Crippen molar-refractivity contribution in [3.05, 3.63) is 46.3 Å². The summed E-state index contributed by atoms with van der Waals surface area (Å²) in [7, 11) is 0. The number of aryl methyl sites for hydroxylation is 2. The van der Waals surface area contributed by atoms with Crippen molar-refractivity contribution in [3.8, 4) is 0 Å². The van der Waals surface area contributed by atoms with Gasteiger partial charge in [0.1, 0.15) is 0 Å². The van der Waals surface area contributed by atoms with Crippen molar-refractivity contribution >= 4 is 18.3 Å². The third-order valence-electron chi connectivity index (χ3n) is 2.59. The Morgan fingerprint density at radius 3 is 2.94 bits per heavy atom. The molecule has 6 heteroatoms. The van der Waals surface area contributed by atoms with E-state index >= 15 is 0 Å². The molecular formula is C12H15N5S. The van der Waals surface area contributed by atoms with Gasteiger partial charge in [-0.2, -0.15) is 5.10 Å². The van der Waals surface area contributed by atoms with Crippen LogP contribution in [0.3, 0.4) is 0 Å². The van der Waals surface area contributed by atoms with Gasteiger partial charge in [-0.3, -0.25) is 10.1 Å². The lowest BCUT2D eigenvalue weighted by atomic mass is 10.1. The molecule has 0 aliphatic heterocycles. The van der Waals surface area contributed by atoms with E-state index in [0.29, 0.717) is 4.77 Å². The van der Waals surface area contributed by atoms with Gasteiger partial charge in [0, 0.05) is 18.8 Å². The first kappa shape index (κ1) is 12.5. The maximum atomic E-state index is 5.74. The first-order chi connectivity index (χ1) is 8.70. The average Bonchev–Trinajstić information content (AvgIpc) is 2.69. The number of nitrogen functional groups attached to an aromatic ring is 1. The van der Waals surface area contributed by atoms with Gasteiger partial charge in [-0.25, -0.2) is 4.68 Å². The van der Waals surface area contributed by atoms with E-state index < -0.39 is 0 Å². The van der Waals surface area contributed by atoms with Crippen LogP contribution in [0.15, 0.2) is 24.5 Å². The molecule has 0 saturated heterocycles. The van der Waals surface area contributed by atoms with E-state index in [9.17, 15) is 0 Å². The van der Waals surface area contributed by atoms with Crippen molar-refractivity contribution in [3.63, 3.8) is 0 Å². The summed E-state index contributed by atoms with van der Waals surface area (Å²) >= 11 is 4.96. The van der Waals surface area contributed by atoms with E-state index in [1.54, 1.807) is 0 Å². The van der Waals surface area contributed by atoms with E-state index in [4.69, 9.17) is 18.1 Å². The summed E-state index contributed by atoms with van der Waals surface area (Å²) in [5.41, 5.74) is 2.25. The second-order valence-electron chi connectivity index (χ2n) is 3.94. The molecule has 0 aliphatic rings. The molecule has 2 heterocycles. The molecule has 0 saturated carbocycles. The third-order valence-corrected chi connectivity index (χ3v) is 2.88. The fourth-order valence-corrected chi connectivity index (χ4v) is 1.85. The Morgan fingerprint density at radius 1 is 1.44 bits per heavy atom. The topological polar surface area (TPSA) is 72.5 Å². The van der Waals surface area contributed by atoms with E-state index in [1.807, 2.05) is 31.5 Å². The molecule has 5 nitrogen and oxygen atoms in total. The van der Waals surface area contributed by atoms with Crippen LogP contribution in [-0.2, 0) is 12.8 Å². The minimum Gasteiger partial charge on any atom is -0.335 e. The molecule has 2 rings (SSSR count). The zero-order chi connectivity index (χ0) is 13.0. The lowest BCUT2D eigenvalue weighted by Gasteiger charge is -2.02. The number of pyridine rings is 1. The van der Waals surface area contributed by atoms with E-state index in [1.165, 1.54) is 4.68 Å². The minimum absolute atomic E-state index is 0.436. The van der Waals surface area contributed by atoms with Gasteiger partial charge in [0.05, 0.1) is 0 Å². The number of nitrogens with two attached hydrogens (primary N) is 1. The van der Waals surface area contributed by atoms with E-state index in [-0.39, 0.29) is 0 Å². The van der Waals surface area contributed by atoms with E-state index in [2.05, 4.69) is 21.2 Å². The number of allylic oxidation sites excluding steroid dienone is 1. The van der Waals surface area contributed by atoms with Gasteiger partial charge in [0.2, 0.25) is 4.77 Å². The Labute approximate surface area is 110 Å². The molecular weight excluding hydrogens is 246 g/mol. The number of H-pyrrole nitrogens is 1. The SMILES string of the molecule is C/C=C/c1cncc(CCc2n[nH]c(=S)n2N)c1. The van der Waals surface area contributed by atoms with Crippen LogP contribution in [0.4, 0.5) is 0 Å². The Hall–Kier alpha value is -1.95. The largest absolute Gasteiger partial charge is 0.335 e. The Morgan fingerprint density at radius 2 is 2.28 bits per heavy atom. The first-order valence-corrected chi connectivity index (χ1v) is 6.09. The third kappa shape index (κ3) is 2.84. The molecule has 0 aromatic carbocycles. The molecule has 0 aliphatic carbocycles. The molecule has 94 valence electrons. The van der Waals surface area contributed by atoms with Gasteiger partial charge >= 0.3 is 0 Å². The summed E-state index contributed by atoms with van der Waals surface area (Å²) in [6, 6.07) is 2.11. The van der Waals surface area contributed by atoms with Crippen molar-refractivity contribution in [1.82, 2.24) is 19.9 Å². The predicted molar refractivity (Wildman–Crippen MR) is 73.9 cm³/mol. The lowest BCUT2D eigenvalue weighted by Crippen LogP contribution is -2.13. The molecule has 0 spiro atoms. The standard InChI is InChI=1S/C12H15N5S/c1-2-3-9-6-10(8-14-7-9)4-5-11-15-16-12(18)17(11)13/h2-3,6-8H,4-5,13H2,1H3,(H,16,18)/b3-2+.